The van der Waals surface area contributed by atoms with Crippen LogP contribution in [0.5, 0.6) is 0 Å². The van der Waals surface area contributed by atoms with Crippen molar-refractivity contribution in [2.75, 3.05) is 5.32 Å². The van der Waals surface area contributed by atoms with Crippen molar-refractivity contribution in [2.45, 2.75) is 71.1 Å². The van der Waals surface area contributed by atoms with E-state index in [1.54, 1.807) is 0 Å². The van der Waals surface area contributed by atoms with E-state index in [9.17, 15) is 24.8 Å². The summed E-state index contributed by atoms with van der Waals surface area (Å²) in [5.74, 6) is -1.57. The number of ketones is 2. The van der Waals surface area contributed by atoms with Crippen molar-refractivity contribution in [3.8, 4) is 0 Å². The number of unbranched alkanes of at least 4 members (excludes halogenated alkanes) is 8. The molecule has 0 unspecified atom stereocenters. The van der Waals surface area contributed by atoms with Gasteiger partial charge >= 0.3 is 0 Å². The van der Waals surface area contributed by atoms with Gasteiger partial charge in [-0.3, -0.25) is 19.7 Å². The summed E-state index contributed by atoms with van der Waals surface area (Å²) in [5.41, 5.74) is 0.687. The first-order chi connectivity index (χ1) is 14.4. The highest BCUT2D eigenvalue weighted by Crippen LogP contribution is 2.26. The van der Waals surface area contributed by atoms with Crippen LogP contribution in [0.1, 0.15) is 71.1 Å². The van der Waals surface area contributed by atoms with Crippen molar-refractivity contribution in [1.29, 1.82) is 0 Å². The topological polar surface area (TPSA) is 110 Å². The Hall–Kier alpha value is -2.96. The first-order valence-corrected chi connectivity index (χ1v) is 10.7. The fourth-order valence-electron chi connectivity index (χ4n) is 3.45. The maximum absolute atomic E-state index is 12.2. The van der Waals surface area contributed by atoms with Crippen LogP contribution in [0.2, 0.25) is 0 Å². The summed E-state index contributed by atoms with van der Waals surface area (Å²) >= 11 is 0. The van der Waals surface area contributed by atoms with Crippen molar-refractivity contribution in [3.63, 3.8) is 0 Å². The Balaban J connectivity index is 1.89. The van der Waals surface area contributed by atoms with Gasteiger partial charge in [0.15, 0.2) is 0 Å². The fraction of sp³-hybridized carbons (Fsp3) is 0.478. The Labute approximate surface area is 177 Å². The number of aliphatic hydroxyl groups excluding tert-OH is 1. The average molecular weight is 415 g/mol. The number of Topliss-reactive ketones (excluding diaryl/α,β-unsaturated/α-hetero) is 1. The fourth-order valence-corrected chi connectivity index (χ4v) is 3.45. The Morgan fingerprint density at radius 2 is 1.50 bits per heavy atom. The molecule has 7 heteroatoms. The van der Waals surface area contributed by atoms with E-state index in [0.29, 0.717) is 12.1 Å². The number of anilines is 1. The molecule has 0 spiro atoms. The SMILES string of the molecule is CCCCCCCCCCCC1=C(O)C(Nc2ccc([N+](=O)[O-])cc2)=CC(=O)C1=O. The van der Waals surface area contributed by atoms with Crippen molar-refractivity contribution >= 4 is 22.9 Å². The van der Waals surface area contributed by atoms with E-state index < -0.39 is 16.5 Å². The summed E-state index contributed by atoms with van der Waals surface area (Å²) in [7, 11) is 0. The first kappa shape index (κ1) is 23.3. The molecule has 0 aromatic heterocycles. The molecule has 1 aliphatic rings. The number of benzene rings is 1. The van der Waals surface area contributed by atoms with Crippen molar-refractivity contribution in [3.05, 3.63) is 57.5 Å². The Bertz CT molecular complexity index is 825. The number of nitro benzene ring substituents is 1. The lowest BCUT2D eigenvalue weighted by atomic mass is 9.93. The highest BCUT2D eigenvalue weighted by atomic mass is 16.6. The zero-order valence-corrected chi connectivity index (χ0v) is 17.5. The third-order valence-electron chi connectivity index (χ3n) is 5.20. The molecule has 0 fully saturated rings. The molecule has 1 aromatic carbocycles. The molecule has 0 saturated heterocycles. The van der Waals surface area contributed by atoms with Gasteiger partial charge in [-0.1, -0.05) is 58.3 Å². The minimum absolute atomic E-state index is 0.0600. The predicted molar refractivity (Wildman–Crippen MR) is 116 cm³/mol. The van der Waals surface area contributed by atoms with E-state index in [2.05, 4.69) is 12.2 Å². The number of carbonyl (C=O) groups is 2. The maximum atomic E-state index is 12.2. The predicted octanol–water partition coefficient (Wildman–Crippen LogP) is 5.78. The molecule has 0 heterocycles. The number of allylic oxidation sites excluding steroid dienone is 2. The third-order valence-corrected chi connectivity index (χ3v) is 5.20. The molecule has 0 bridgehead atoms. The Morgan fingerprint density at radius 3 is 2.07 bits per heavy atom. The van der Waals surface area contributed by atoms with Gasteiger partial charge in [-0.25, -0.2) is 0 Å². The monoisotopic (exact) mass is 414 g/mol. The third kappa shape index (κ3) is 6.83. The quantitative estimate of drug-likeness (QED) is 0.139. The molecule has 1 aliphatic carbocycles. The number of hydrogen-bond donors (Lipinski definition) is 2. The number of nitro groups is 1. The zero-order chi connectivity index (χ0) is 21.9. The van der Waals surface area contributed by atoms with Crippen LogP contribution < -0.4 is 5.32 Å². The van der Waals surface area contributed by atoms with E-state index in [1.165, 1.54) is 56.4 Å². The van der Waals surface area contributed by atoms with Gasteiger partial charge in [0, 0.05) is 29.5 Å². The van der Waals surface area contributed by atoms with E-state index >= 15 is 0 Å². The molecule has 162 valence electrons. The van der Waals surface area contributed by atoms with Crippen LogP contribution in [0.15, 0.2) is 47.4 Å². The molecule has 2 rings (SSSR count). The van der Waals surface area contributed by atoms with Crippen LogP contribution in [0.3, 0.4) is 0 Å². The van der Waals surface area contributed by atoms with E-state index in [1.807, 2.05) is 0 Å². The summed E-state index contributed by atoms with van der Waals surface area (Å²) in [6, 6.07) is 5.60. The lowest BCUT2D eigenvalue weighted by Crippen LogP contribution is -2.24. The summed E-state index contributed by atoms with van der Waals surface area (Å²) in [4.78, 5) is 34.5. The molecule has 1 aromatic rings. The summed E-state index contributed by atoms with van der Waals surface area (Å²) < 4.78 is 0. The van der Waals surface area contributed by atoms with Gasteiger partial charge in [0.1, 0.15) is 5.76 Å². The highest BCUT2D eigenvalue weighted by molar-refractivity contribution is 6.48. The number of nitrogens with zero attached hydrogens (tertiary/aromatic N) is 1. The largest absolute Gasteiger partial charge is 0.505 e. The minimum atomic E-state index is -0.678. The second kappa shape index (κ2) is 11.9. The number of nitrogens with one attached hydrogen (secondary N) is 1. The number of non-ortho nitro benzene ring substituents is 1. The van der Waals surface area contributed by atoms with Gasteiger partial charge in [0.05, 0.1) is 10.6 Å². The lowest BCUT2D eigenvalue weighted by molar-refractivity contribution is -0.384. The number of hydrogen-bond acceptors (Lipinski definition) is 6. The summed E-state index contributed by atoms with van der Waals surface area (Å²) in [6.07, 6.45) is 11.6. The standard InChI is InChI=1S/C23H30N2O5/c1-2-3-4-5-6-7-8-9-10-11-19-22(27)20(16-21(26)23(19)28)24-17-12-14-18(15-13-17)25(29)30/h12-16,24,27H,2-11H2,1H3. The van der Waals surface area contributed by atoms with Crippen LogP contribution in [0.4, 0.5) is 11.4 Å². The molecule has 0 saturated carbocycles. The van der Waals surface area contributed by atoms with E-state index in [-0.39, 0.29) is 22.7 Å². The highest BCUT2D eigenvalue weighted by Gasteiger charge is 2.28. The lowest BCUT2D eigenvalue weighted by Gasteiger charge is -2.17. The van der Waals surface area contributed by atoms with Crippen LogP contribution in [0.25, 0.3) is 0 Å². The molecule has 7 nitrogen and oxygen atoms in total. The normalized spacial score (nSPS) is 14.1. The number of carbonyl (C=O) groups excluding carboxylic acids is 2. The molecular formula is C23H30N2O5. The van der Waals surface area contributed by atoms with Crippen LogP contribution in [-0.2, 0) is 9.59 Å². The molecular weight excluding hydrogens is 384 g/mol. The van der Waals surface area contributed by atoms with Crippen molar-refractivity contribution < 1.29 is 19.6 Å². The molecule has 2 N–H and O–H groups in total. The Morgan fingerprint density at radius 1 is 0.933 bits per heavy atom. The summed E-state index contributed by atoms with van der Waals surface area (Å²) in [5, 5.41) is 24.1. The molecule has 30 heavy (non-hydrogen) atoms. The first-order valence-electron chi connectivity index (χ1n) is 10.7. The Kier molecular flexibility index (Phi) is 9.25. The minimum Gasteiger partial charge on any atom is -0.505 e. The van der Waals surface area contributed by atoms with Crippen LogP contribution in [-0.4, -0.2) is 21.6 Å². The van der Waals surface area contributed by atoms with Gasteiger partial charge in [-0.05, 0) is 25.0 Å². The number of rotatable bonds is 13. The van der Waals surface area contributed by atoms with Gasteiger partial charge < -0.3 is 10.4 Å². The van der Waals surface area contributed by atoms with Gasteiger partial charge in [-0.15, -0.1) is 0 Å². The second-order valence-corrected chi connectivity index (χ2v) is 7.59. The second-order valence-electron chi connectivity index (χ2n) is 7.59. The molecule has 0 amide bonds. The smallest absolute Gasteiger partial charge is 0.269 e. The van der Waals surface area contributed by atoms with Crippen molar-refractivity contribution in [1.82, 2.24) is 0 Å². The van der Waals surface area contributed by atoms with E-state index in [0.717, 1.165) is 31.8 Å². The molecule has 0 atom stereocenters. The zero-order valence-electron chi connectivity index (χ0n) is 17.5. The molecule has 0 aliphatic heterocycles. The van der Waals surface area contributed by atoms with Crippen LogP contribution >= 0.6 is 0 Å². The number of aliphatic hydroxyl groups is 1. The van der Waals surface area contributed by atoms with Gasteiger partial charge in [-0.2, -0.15) is 0 Å². The average Bonchev–Trinajstić information content (AvgIpc) is 2.73. The van der Waals surface area contributed by atoms with Gasteiger partial charge in [0.25, 0.3) is 5.69 Å². The molecule has 0 radical (unpaired) electrons. The maximum Gasteiger partial charge on any atom is 0.269 e. The van der Waals surface area contributed by atoms with Crippen molar-refractivity contribution in [2.24, 2.45) is 0 Å². The van der Waals surface area contributed by atoms with Crippen LogP contribution in [0, 0.1) is 10.1 Å². The van der Waals surface area contributed by atoms with Gasteiger partial charge in [0.2, 0.25) is 11.6 Å². The van der Waals surface area contributed by atoms with E-state index in [4.69, 9.17) is 0 Å². The summed E-state index contributed by atoms with van der Waals surface area (Å²) in [6.45, 7) is 2.20.